The minimum Gasteiger partial charge on any atom is -0.466 e. The lowest BCUT2D eigenvalue weighted by Gasteiger charge is -2.36. The van der Waals surface area contributed by atoms with Crippen molar-refractivity contribution in [2.45, 2.75) is 19.8 Å². The van der Waals surface area contributed by atoms with Crippen LogP contribution in [0.2, 0.25) is 0 Å². The Kier molecular flexibility index (Phi) is 5.76. The summed E-state index contributed by atoms with van der Waals surface area (Å²) >= 11 is 0. The van der Waals surface area contributed by atoms with Crippen molar-refractivity contribution in [1.29, 1.82) is 0 Å². The van der Waals surface area contributed by atoms with Crippen LogP contribution in [-0.4, -0.2) is 43.0 Å². The highest BCUT2D eigenvalue weighted by Gasteiger charge is 2.36. The first kappa shape index (κ1) is 19.2. The molecular weight excluding hydrogens is 340 g/mol. The fraction of sp³-hybridized carbons (Fsp3) is 0.333. The third-order valence-electron chi connectivity index (χ3n) is 4.62. The first-order valence-corrected chi connectivity index (χ1v) is 7.85. The minimum atomic E-state index is -0.613. The van der Waals surface area contributed by atoms with Gasteiger partial charge in [0.1, 0.15) is 6.61 Å². The number of nitro benzene ring substituents is 1. The van der Waals surface area contributed by atoms with Crippen molar-refractivity contribution < 1.29 is 24.0 Å². The maximum atomic E-state index is 12.5. The van der Waals surface area contributed by atoms with Crippen LogP contribution in [0.4, 0.5) is 5.69 Å². The van der Waals surface area contributed by atoms with Crippen LogP contribution in [0.1, 0.15) is 25.3 Å². The van der Waals surface area contributed by atoms with E-state index in [0.717, 1.165) is 5.70 Å². The third kappa shape index (κ3) is 3.44. The van der Waals surface area contributed by atoms with Crippen LogP contribution >= 0.6 is 0 Å². The molecule has 0 saturated heterocycles. The number of carbonyl (C=O) groups excluding carboxylic acids is 2. The molecule has 1 heterocycles. The lowest BCUT2D eigenvalue weighted by Crippen LogP contribution is -2.31. The highest BCUT2D eigenvalue weighted by atomic mass is 16.6. The van der Waals surface area contributed by atoms with E-state index in [1.807, 2.05) is 11.8 Å². The van der Waals surface area contributed by atoms with E-state index in [9.17, 15) is 19.7 Å². The molecule has 0 bridgehead atoms. The van der Waals surface area contributed by atoms with Gasteiger partial charge in [-0.15, -0.1) is 0 Å². The Morgan fingerprint density at radius 1 is 1.35 bits per heavy atom. The van der Waals surface area contributed by atoms with Gasteiger partial charge in [-0.2, -0.15) is 0 Å². The highest BCUT2D eigenvalue weighted by Crippen LogP contribution is 2.42. The van der Waals surface area contributed by atoms with Crippen molar-refractivity contribution in [3.63, 3.8) is 0 Å². The van der Waals surface area contributed by atoms with Gasteiger partial charge < -0.3 is 14.4 Å². The maximum absolute atomic E-state index is 12.5. The summed E-state index contributed by atoms with van der Waals surface area (Å²) in [4.78, 5) is 35.7. The Bertz CT molecular complexity index is 812. The number of carbonyl (C=O) groups is 2. The van der Waals surface area contributed by atoms with Crippen LogP contribution in [0.15, 0.2) is 46.8 Å². The Hall–Kier alpha value is -3.16. The van der Waals surface area contributed by atoms with E-state index in [2.05, 4.69) is 0 Å². The summed E-state index contributed by atoms with van der Waals surface area (Å²) in [5.74, 6) is -1.15. The molecule has 1 aliphatic heterocycles. The molecule has 0 amide bonds. The van der Waals surface area contributed by atoms with Crippen LogP contribution in [0.3, 0.4) is 0 Å². The SMILES string of the molecule is COC(=O)C1=C(C)N(C)C(C)=C(COC=O)C1c1cccc([N+](=O)[O-])c1. The summed E-state index contributed by atoms with van der Waals surface area (Å²) in [6.45, 7) is 3.90. The molecule has 26 heavy (non-hydrogen) atoms. The molecule has 138 valence electrons. The van der Waals surface area contributed by atoms with Crippen LogP contribution in [-0.2, 0) is 19.1 Å². The number of hydrogen-bond acceptors (Lipinski definition) is 7. The normalized spacial score (nSPS) is 17.2. The fourth-order valence-corrected chi connectivity index (χ4v) is 3.11. The van der Waals surface area contributed by atoms with Crippen molar-refractivity contribution in [2.24, 2.45) is 0 Å². The van der Waals surface area contributed by atoms with Gasteiger partial charge in [-0.05, 0) is 25.0 Å². The molecule has 8 nitrogen and oxygen atoms in total. The monoisotopic (exact) mass is 360 g/mol. The van der Waals surface area contributed by atoms with Crippen molar-refractivity contribution in [1.82, 2.24) is 4.90 Å². The van der Waals surface area contributed by atoms with Gasteiger partial charge in [0.05, 0.1) is 17.6 Å². The van der Waals surface area contributed by atoms with Gasteiger partial charge >= 0.3 is 5.97 Å². The van der Waals surface area contributed by atoms with E-state index < -0.39 is 16.8 Å². The molecular formula is C18H20N2O6. The maximum Gasteiger partial charge on any atom is 0.336 e. The zero-order chi connectivity index (χ0) is 19.4. The molecule has 0 fully saturated rings. The van der Waals surface area contributed by atoms with Gasteiger partial charge in [0.25, 0.3) is 12.2 Å². The molecule has 0 N–H and O–H groups in total. The number of ether oxygens (including phenoxy) is 2. The van der Waals surface area contributed by atoms with Crippen LogP contribution in [0, 0.1) is 10.1 Å². The van der Waals surface area contributed by atoms with Crippen molar-refractivity contribution >= 4 is 18.1 Å². The minimum absolute atomic E-state index is 0.0409. The number of esters is 1. The Labute approximate surface area is 150 Å². The van der Waals surface area contributed by atoms with Crippen molar-refractivity contribution in [3.05, 3.63) is 62.5 Å². The smallest absolute Gasteiger partial charge is 0.336 e. The fourth-order valence-electron chi connectivity index (χ4n) is 3.11. The first-order chi connectivity index (χ1) is 12.3. The van der Waals surface area contributed by atoms with E-state index in [-0.39, 0.29) is 12.3 Å². The first-order valence-electron chi connectivity index (χ1n) is 7.85. The molecule has 1 aromatic carbocycles. The Balaban J connectivity index is 2.70. The van der Waals surface area contributed by atoms with Gasteiger partial charge in [0.15, 0.2) is 0 Å². The van der Waals surface area contributed by atoms with E-state index in [0.29, 0.717) is 28.9 Å². The molecule has 1 aromatic rings. The lowest BCUT2D eigenvalue weighted by molar-refractivity contribution is -0.384. The zero-order valence-corrected chi connectivity index (χ0v) is 15.0. The average molecular weight is 360 g/mol. The summed E-state index contributed by atoms with van der Waals surface area (Å²) in [5, 5.41) is 11.2. The van der Waals surface area contributed by atoms with Crippen molar-refractivity contribution in [2.75, 3.05) is 20.8 Å². The van der Waals surface area contributed by atoms with Gasteiger partial charge in [-0.3, -0.25) is 14.9 Å². The number of nitro groups is 1. The number of hydrogen-bond donors (Lipinski definition) is 0. The number of nitrogens with zero attached hydrogens (tertiary/aromatic N) is 2. The summed E-state index contributed by atoms with van der Waals surface area (Å²) < 4.78 is 9.88. The summed E-state index contributed by atoms with van der Waals surface area (Å²) in [7, 11) is 3.07. The molecule has 1 aliphatic rings. The second-order valence-corrected chi connectivity index (χ2v) is 5.85. The molecule has 0 radical (unpaired) electrons. The molecule has 1 atom stereocenters. The number of rotatable bonds is 6. The average Bonchev–Trinajstić information content (AvgIpc) is 2.64. The third-order valence-corrected chi connectivity index (χ3v) is 4.62. The van der Waals surface area contributed by atoms with Gasteiger partial charge in [0, 0.05) is 36.5 Å². The van der Waals surface area contributed by atoms with E-state index in [1.54, 1.807) is 26.1 Å². The summed E-state index contributed by atoms with van der Waals surface area (Å²) in [5.41, 5.74) is 2.94. The highest BCUT2D eigenvalue weighted by molar-refractivity contribution is 5.92. The van der Waals surface area contributed by atoms with Gasteiger partial charge in [-0.25, -0.2) is 4.79 Å². The van der Waals surface area contributed by atoms with Crippen LogP contribution in [0.25, 0.3) is 0 Å². The molecule has 0 saturated carbocycles. The van der Waals surface area contributed by atoms with Crippen LogP contribution in [0.5, 0.6) is 0 Å². The largest absolute Gasteiger partial charge is 0.466 e. The topological polar surface area (TPSA) is 99.0 Å². The van der Waals surface area contributed by atoms with Crippen molar-refractivity contribution in [3.8, 4) is 0 Å². The van der Waals surface area contributed by atoms with E-state index >= 15 is 0 Å². The second-order valence-electron chi connectivity index (χ2n) is 5.85. The van der Waals surface area contributed by atoms with E-state index in [4.69, 9.17) is 9.47 Å². The van der Waals surface area contributed by atoms with Gasteiger partial charge in [-0.1, -0.05) is 12.1 Å². The Morgan fingerprint density at radius 3 is 2.62 bits per heavy atom. The summed E-state index contributed by atoms with van der Waals surface area (Å²) in [6.07, 6.45) is 0. The predicted octanol–water partition coefficient (Wildman–Crippen LogP) is 2.52. The quantitative estimate of drug-likeness (QED) is 0.333. The summed E-state index contributed by atoms with van der Waals surface area (Å²) in [6, 6.07) is 6.06. The van der Waals surface area contributed by atoms with Crippen LogP contribution < -0.4 is 0 Å². The van der Waals surface area contributed by atoms with Gasteiger partial charge in [0.2, 0.25) is 0 Å². The number of non-ortho nitro benzene ring substituents is 1. The molecule has 1 unspecified atom stereocenters. The molecule has 8 heteroatoms. The molecule has 0 spiro atoms. The number of benzene rings is 1. The lowest BCUT2D eigenvalue weighted by atomic mass is 9.80. The Morgan fingerprint density at radius 2 is 2.04 bits per heavy atom. The molecule has 0 aliphatic carbocycles. The predicted molar refractivity (Wildman–Crippen MR) is 93.0 cm³/mol. The molecule has 2 rings (SSSR count). The molecule has 0 aromatic heterocycles. The zero-order valence-electron chi connectivity index (χ0n) is 15.0. The number of methoxy groups -OCH3 is 1. The van der Waals surface area contributed by atoms with E-state index in [1.165, 1.54) is 19.2 Å². The second kappa shape index (κ2) is 7.81. The number of allylic oxidation sites excluding steroid dienone is 2. The standard InChI is InChI=1S/C18H20N2O6/c1-11-15(9-26-10-21)17(13-6-5-7-14(8-13)20(23)24)16(18(22)25-4)12(2)19(11)3/h5-8,10,17H,9H2,1-4H3.